The smallest absolute Gasteiger partial charge is 0.269 e. The van der Waals surface area contributed by atoms with Crippen molar-refractivity contribution in [1.82, 2.24) is 15.1 Å². The molecule has 2 aromatic rings. The van der Waals surface area contributed by atoms with Crippen molar-refractivity contribution >= 4 is 17.5 Å². The van der Waals surface area contributed by atoms with Crippen LogP contribution >= 0.6 is 0 Å². The topological polar surface area (TPSA) is 95.8 Å². The summed E-state index contributed by atoms with van der Waals surface area (Å²) in [5.41, 5.74) is 0.815. The fourth-order valence-corrected chi connectivity index (χ4v) is 4.99. The molecule has 0 spiro atoms. The third-order valence-electron chi connectivity index (χ3n) is 6.85. The zero-order valence-corrected chi connectivity index (χ0v) is 19.0. The van der Waals surface area contributed by atoms with E-state index < -0.39 is 4.92 Å². The summed E-state index contributed by atoms with van der Waals surface area (Å²) in [6, 6.07) is 11.7. The average Bonchev–Trinajstić information content (AvgIpc) is 3.38. The molecule has 2 amide bonds. The predicted molar refractivity (Wildman–Crippen MR) is 125 cm³/mol. The van der Waals surface area contributed by atoms with Crippen molar-refractivity contribution in [3.8, 4) is 0 Å². The third-order valence-corrected chi connectivity index (χ3v) is 6.85. The number of nitro groups is 1. The minimum absolute atomic E-state index is 0.0535. The van der Waals surface area contributed by atoms with Crippen LogP contribution in [0.15, 0.2) is 48.5 Å². The first-order valence-electron chi connectivity index (χ1n) is 11.7. The van der Waals surface area contributed by atoms with Crippen molar-refractivity contribution in [2.75, 3.05) is 26.2 Å². The highest BCUT2D eigenvalue weighted by Gasteiger charge is 2.37. The van der Waals surface area contributed by atoms with Crippen LogP contribution in [0.3, 0.4) is 0 Å². The van der Waals surface area contributed by atoms with E-state index in [9.17, 15) is 24.1 Å². The maximum atomic E-state index is 14.0. The molecule has 0 aromatic heterocycles. The first-order valence-corrected chi connectivity index (χ1v) is 11.7. The third kappa shape index (κ3) is 5.41. The maximum absolute atomic E-state index is 14.0. The molecule has 1 atom stereocenters. The predicted octanol–water partition coefficient (Wildman–Crippen LogP) is 3.37. The van der Waals surface area contributed by atoms with Gasteiger partial charge in [-0.3, -0.25) is 24.6 Å². The van der Waals surface area contributed by atoms with Crippen LogP contribution in [-0.4, -0.2) is 58.8 Å². The van der Waals surface area contributed by atoms with Crippen molar-refractivity contribution in [3.63, 3.8) is 0 Å². The Morgan fingerprint density at radius 3 is 2.29 bits per heavy atom. The van der Waals surface area contributed by atoms with Crippen LogP contribution in [-0.2, 0) is 11.3 Å². The molecule has 34 heavy (non-hydrogen) atoms. The van der Waals surface area contributed by atoms with Crippen LogP contribution < -0.4 is 5.32 Å². The number of halogens is 1. The Bertz CT molecular complexity index is 1030. The summed E-state index contributed by atoms with van der Waals surface area (Å²) >= 11 is 0. The van der Waals surface area contributed by atoms with Crippen LogP contribution in [0.2, 0.25) is 0 Å². The number of hydrogen-bond donors (Lipinski definition) is 1. The van der Waals surface area contributed by atoms with Gasteiger partial charge >= 0.3 is 0 Å². The Kier molecular flexibility index (Phi) is 7.52. The van der Waals surface area contributed by atoms with Gasteiger partial charge in [-0.05, 0) is 37.0 Å². The van der Waals surface area contributed by atoms with Gasteiger partial charge in [-0.15, -0.1) is 0 Å². The monoisotopic (exact) mass is 468 g/mol. The van der Waals surface area contributed by atoms with Crippen LogP contribution in [0, 0.1) is 21.8 Å². The summed E-state index contributed by atoms with van der Waals surface area (Å²) in [7, 11) is 0. The lowest BCUT2D eigenvalue weighted by molar-refractivity contribution is -0.384. The molecule has 1 saturated heterocycles. The lowest BCUT2D eigenvalue weighted by Gasteiger charge is -2.40. The molecule has 0 bridgehead atoms. The molecular formula is C25H29FN4O4. The fraction of sp³-hybridized carbons (Fsp3) is 0.440. The van der Waals surface area contributed by atoms with Gasteiger partial charge in [-0.25, -0.2) is 4.39 Å². The number of benzene rings is 2. The second-order valence-electron chi connectivity index (χ2n) is 8.93. The molecule has 1 aliphatic heterocycles. The van der Waals surface area contributed by atoms with E-state index in [1.165, 1.54) is 30.3 Å². The number of carbonyl (C=O) groups excluding carboxylic acids is 2. The summed E-state index contributed by atoms with van der Waals surface area (Å²) in [4.78, 5) is 40.3. The molecule has 1 heterocycles. The maximum Gasteiger partial charge on any atom is 0.269 e. The Balaban J connectivity index is 1.38. The lowest BCUT2D eigenvalue weighted by atomic mass is 9.94. The van der Waals surface area contributed by atoms with Gasteiger partial charge in [0.25, 0.3) is 11.6 Å². The largest absolute Gasteiger partial charge is 0.351 e. The zero-order valence-electron chi connectivity index (χ0n) is 19.0. The Hall–Kier alpha value is -3.33. The van der Waals surface area contributed by atoms with E-state index in [1.807, 2.05) is 0 Å². The second-order valence-corrected chi connectivity index (χ2v) is 8.93. The Morgan fingerprint density at radius 1 is 1.03 bits per heavy atom. The van der Waals surface area contributed by atoms with Gasteiger partial charge in [0, 0.05) is 56.0 Å². The van der Waals surface area contributed by atoms with Gasteiger partial charge in [-0.1, -0.05) is 31.0 Å². The van der Waals surface area contributed by atoms with E-state index in [2.05, 4.69) is 10.2 Å². The van der Waals surface area contributed by atoms with E-state index >= 15 is 0 Å². The number of rotatable bonds is 7. The quantitative estimate of drug-likeness (QED) is 0.497. The molecule has 2 aliphatic rings. The molecule has 8 nitrogen and oxygen atoms in total. The first-order chi connectivity index (χ1) is 16.4. The van der Waals surface area contributed by atoms with E-state index in [4.69, 9.17) is 0 Å². The van der Waals surface area contributed by atoms with Crippen molar-refractivity contribution < 1.29 is 18.9 Å². The molecule has 0 radical (unpaired) electrons. The van der Waals surface area contributed by atoms with Gasteiger partial charge < -0.3 is 10.2 Å². The van der Waals surface area contributed by atoms with E-state index in [0.29, 0.717) is 37.3 Å². The SMILES string of the molecule is O=C(NCc1ccccc1F)C(C1CCCC1)N1CCN(C(=O)c2ccc([N+](=O)[O-])cc2)CC1. The summed E-state index contributed by atoms with van der Waals surface area (Å²) in [5.74, 6) is -0.350. The van der Waals surface area contributed by atoms with Gasteiger partial charge in [-0.2, -0.15) is 0 Å². The first kappa shape index (κ1) is 23.8. The van der Waals surface area contributed by atoms with E-state index in [0.717, 1.165) is 25.7 Å². The van der Waals surface area contributed by atoms with Crippen molar-refractivity contribution in [1.29, 1.82) is 0 Å². The number of non-ortho nitro benzene ring substituents is 1. The molecule has 1 aliphatic carbocycles. The van der Waals surface area contributed by atoms with Crippen LogP contribution in [0.1, 0.15) is 41.6 Å². The van der Waals surface area contributed by atoms with Crippen LogP contribution in [0.5, 0.6) is 0 Å². The summed E-state index contributed by atoms with van der Waals surface area (Å²) < 4.78 is 14.0. The van der Waals surface area contributed by atoms with Crippen molar-refractivity contribution in [3.05, 3.63) is 75.6 Å². The highest BCUT2D eigenvalue weighted by Crippen LogP contribution is 2.31. The molecule has 4 rings (SSSR count). The number of carbonyl (C=O) groups is 2. The molecule has 1 unspecified atom stereocenters. The standard InChI is InChI=1S/C25H29FN4O4/c26-22-8-4-3-7-20(22)17-27-24(31)23(18-5-1-2-6-18)28-13-15-29(16-14-28)25(32)19-9-11-21(12-10-19)30(33)34/h3-4,7-12,18,23H,1-2,5-6,13-17H2,(H,27,31). The Morgan fingerprint density at radius 2 is 1.68 bits per heavy atom. The van der Waals surface area contributed by atoms with Gasteiger partial charge in [0.2, 0.25) is 5.91 Å². The van der Waals surface area contributed by atoms with Crippen molar-refractivity contribution in [2.45, 2.75) is 38.3 Å². The molecule has 2 aromatic carbocycles. The number of nitrogens with one attached hydrogen (secondary N) is 1. The van der Waals surface area contributed by atoms with Crippen LogP contribution in [0.25, 0.3) is 0 Å². The summed E-state index contributed by atoms with van der Waals surface area (Å²) in [6.45, 7) is 2.21. The fourth-order valence-electron chi connectivity index (χ4n) is 4.99. The number of nitrogens with zero attached hydrogens (tertiary/aromatic N) is 3. The second kappa shape index (κ2) is 10.7. The summed E-state index contributed by atoms with van der Waals surface area (Å²) in [5, 5.41) is 13.8. The highest BCUT2D eigenvalue weighted by molar-refractivity contribution is 5.94. The lowest BCUT2D eigenvalue weighted by Crippen LogP contribution is -2.57. The van der Waals surface area contributed by atoms with Crippen molar-refractivity contribution in [2.24, 2.45) is 5.92 Å². The number of amides is 2. The highest BCUT2D eigenvalue weighted by atomic mass is 19.1. The minimum atomic E-state index is -0.493. The zero-order chi connectivity index (χ0) is 24.1. The van der Waals surface area contributed by atoms with E-state index in [-0.39, 0.29) is 41.8 Å². The molecule has 2 fully saturated rings. The minimum Gasteiger partial charge on any atom is -0.351 e. The van der Waals surface area contributed by atoms with Gasteiger partial charge in [0.15, 0.2) is 0 Å². The molecule has 1 N–H and O–H groups in total. The van der Waals surface area contributed by atoms with Crippen LogP contribution in [0.4, 0.5) is 10.1 Å². The Labute approximate surface area is 197 Å². The number of hydrogen-bond acceptors (Lipinski definition) is 5. The number of nitro benzene ring substituents is 1. The molecular weight excluding hydrogens is 439 g/mol. The average molecular weight is 469 g/mol. The summed E-state index contributed by atoms with van der Waals surface area (Å²) in [6.07, 6.45) is 4.17. The molecule has 9 heteroatoms. The van der Waals surface area contributed by atoms with Gasteiger partial charge in [0.05, 0.1) is 11.0 Å². The molecule has 1 saturated carbocycles. The van der Waals surface area contributed by atoms with E-state index in [1.54, 1.807) is 23.1 Å². The number of piperazine rings is 1. The normalized spacial score (nSPS) is 18.0. The van der Waals surface area contributed by atoms with Gasteiger partial charge in [0.1, 0.15) is 5.82 Å². The molecule has 180 valence electrons.